The van der Waals surface area contributed by atoms with Crippen molar-refractivity contribution < 1.29 is 14.3 Å². The molecule has 3 aliphatic rings. The third kappa shape index (κ3) is 3.88. The second-order valence-electron chi connectivity index (χ2n) is 8.69. The average molecular weight is 413 g/mol. The first-order valence-corrected chi connectivity index (χ1v) is 11.1. The van der Waals surface area contributed by atoms with Gasteiger partial charge in [-0.1, -0.05) is 17.7 Å². The smallest absolute Gasteiger partial charge is 0.325 e. The number of hydrogen-bond donors (Lipinski definition) is 1. The number of pyridine rings is 1. The number of likely N-dealkylation sites (tertiary alicyclic amines) is 1. The van der Waals surface area contributed by atoms with E-state index in [2.05, 4.69) is 35.1 Å². The van der Waals surface area contributed by atoms with Gasteiger partial charge in [0.25, 0.3) is 5.91 Å². The molecule has 4 rings (SSSR count). The Morgan fingerprint density at radius 2 is 2.10 bits per heavy atom. The number of carbonyl (C=O) groups is 2. The molecule has 1 aromatic rings. The number of imide groups is 1. The average Bonchev–Trinajstić information content (AvgIpc) is 3.37. The molecule has 0 aliphatic carbocycles. The molecule has 1 aromatic heterocycles. The predicted octanol–water partition coefficient (Wildman–Crippen LogP) is 2.69. The molecule has 3 saturated heterocycles. The summed E-state index contributed by atoms with van der Waals surface area (Å²) in [6.07, 6.45) is 7.32. The standard InChI is InChI=1S/C23H32N4O3/c1-3-17(2)15-26-12-9-18(10-13-26)23(20-8-4-5-11-24-20)21(28)27(22(29)25-23)16-19-7-6-14-30-19/h3-5,8,11,18-19H,6-7,9-10,12-16H2,1-2H3,(H,25,29)/b17-3+/t19-,23+/m1/s1. The van der Waals surface area contributed by atoms with Gasteiger partial charge in [0.2, 0.25) is 0 Å². The van der Waals surface area contributed by atoms with Gasteiger partial charge in [0.05, 0.1) is 18.3 Å². The molecular formula is C23H32N4O3. The molecule has 3 fully saturated rings. The summed E-state index contributed by atoms with van der Waals surface area (Å²) in [5.74, 6) is -0.162. The van der Waals surface area contributed by atoms with Crippen LogP contribution in [0.25, 0.3) is 0 Å². The van der Waals surface area contributed by atoms with Gasteiger partial charge in [0, 0.05) is 19.3 Å². The number of aromatic nitrogens is 1. The maximum absolute atomic E-state index is 13.8. The fourth-order valence-electron chi connectivity index (χ4n) is 4.98. The van der Waals surface area contributed by atoms with Crippen LogP contribution in [-0.4, -0.2) is 65.6 Å². The van der Waals surface area contributed by atoms with Crippen LogP contribution in [0, 0.1) is 5.92 Å². The SMILES string of the molecule is C/C=C(\C)CN1CCC([C@@]2(c3ccccn3)NC(=O)N(C[C@H]3CCCO3)C2=O)CC1. The van der Waals surface area contributed by atoms with E-state index in [1.807, 2.05) is 18.2 Å². The van der Waals surface area contributed by atoms with E-state index < -0.39 is 5.54 Å². The quantitative estimate of drug-likeness (QED) is 0.574. The summed E-state index contributed by atoms with van der Waals surface area (Å²) in [5.41, 5.74) is 0.903. The lowest BCUT2D eigenvalue weighted by atomic mass is 9.75. The monoisotopic (exact) mass is 412 g/mol. The van der Waals surface area contributed by atoms with Crippen molar-refractivity contribution in [3.05, 3.63) is 41.7 Å². The Hall–Kier alpha value is -2.25. The first-order valence-electron chi connectivity index (χ1n) is 11.1. The molecule has 2 atom stereocenters. The molecule has 0 unspecified atom stereocenters. The zero-order valence-corrected chi connectivity index (χ0v) is 18.0. The van der Waals surface area contributed by atoms with Crippen molar-refractivity contribution in [2.24, 2.45) is 5.92 Å². The molecule has 7 nitrogen and oxygen atoms in total. The van der Waals surface area contributed by atoms with Crippen LogP contribution in [-0.2, 0) is 15.1 Å². The second-order valence-corrected chi connectivity index (χ2v) is 8.69. The van der Waals surface area contributed by atoms with Crippen molar-refractivity contribution >= 4 is 11.9 Å². The number of carbonyl (C=O) groups excluding carboxylic acids is 2. The highest BCUT2D eigenvalue weighted by Gasteiger charge is 2.58. The van der Waals surface area contributed by atoms with Crippen LogP contribution in [0.2, 0.25) is 0 Å². The molecule has 4 heterocycles. The van der Waals surface area contributed by atoms with E-state index in [9.17, 15) is 9.59 Å². The van der Waals surface area contributed by atoms with Crippen molar-refractivity contribution in [1.82, 2.24) is 20.1 Å². The first kappa shape index (κ1) is 21.0. The molecule has 3 aliphatic heterocycles. The molecule has 7 heteroatoms. The number of allylic oxidation sites excluding steroid dienone is 1. The van der Waals surface area contributed by atoms with Crippen molar-refractivity contribution in [2.75, 3.05) is 32.8 Å². The normalized spacial score (nSPS) is 28.9. The van der Waals surface area contributed by atoms with Crippen LogP contribution >= 0.6 is 0 Å². The highest BCUT2D eigenvalue weighted by molar-refractivity contribution is 6.07. The lowest BCUT2D eigenvalue weighted by molar-refractivity contribution is -0.135. The fourth-order valence-corrected chi connectivity index (χ4v) is 4.98. The van der Waals surface area contributed by atoms with Gasteiger partial charge in [-0.25, -0.2) is 4.79 Å². The summed E-state index contributed by atoms with van der Waals surface area (Å²) in [6.45, 7) is 7.98. The number of ether oxygens (including phenoxy) is 1. The number of nitrogens with one attached hydrogen (secondary N) is 1. The third-order valence-corrected chi connectivity index (χ3v) is 6.78. The Bertz CT molecular complexity index is 798. The number of nitrogens with zero attached hydrogens (tertiary/aromatic N) is 3. The van der Waals surface area contributed by atoms with Gasteiger partial charge in [-0.15, -0.1) is 0 Å². The van der Waals surface area contributed by atoms with Gasteiger partial charge in [-0.3, -0.25) is 19.6 Å². The molecule has 0 aromatic carbocycles. The van der Waals surface area contributed by atoms with Gasteiger partial charge in [0.15, 0.2) is 5.54 Å². The third-order valence-electron chi connectivity index (χ3n) is 6.78. The number of urea groups is 1. The topological polar surface area (TPSA) is 74.8 Å². The zero-order chi connectivity index (χ0) is 21.1. The van der Waals surface area contributed by atoms with Crippen LogP contribution < -0.4 is 5.32 Å². The fraction of sp³-hybridized carbons (Fsp3) is 0.609. The van der Waals surface area contributed by atoms with E-state index in [-0.39, 0.29) is 24.0 Å². The first-order chi connectivity index (χ1) is 14.5. The molecule has 0 bridgehead atoms. The maximum Gasteiger partial charge on any atom is 0.325 e. The maximum atomic E-state index is 13.8. The summed E-state index contributed by atoms with van der Waals surface area (Å²) < 4.78 is 5.69. The molecule has 1 N–H and O–H groups in total. The lowest BCUT2D eigenvalue weighted by Crippen LogP contribution is -2.54. The zero-order valence-electron chi connectivity index (χ0n) is 18.0. The van der Waals surface area contributed by atoms with Crippen molar-refractivity contribution in [3.8, 4) is 0 Å². The van der Waals surface area contributed by atoms with E-state index in [1.165, 1.54) is 10.5 Å². The summed E-state index contributed by atoms with van der Waals surface area (Å²) in [7, 11) is 0. The summed E-state index contributed by atoms with van der Waals surface area (Å²) >= 11 is 0. The summed E-state index contributed by atoms with van der Waals surface area (Å²) in [5, 5.41) is 3.08. The van der Waals surface area contributed by atoms with Gasteiger partial charge in [0.1, 0.15) is 0 Å². The predicted molar refractivity (Wildman–Crippen MR) is 114 cm³/mol. The van der Waals surface area contributed by atoms with Crippen molar-refractivity contribution in [3.63, 3.8) is 0 Å². The number of rotatable bonds is 6. The highest BCUT2D eigenvalue weighted by Crippen LogP contribution is 2.41. The minimum Gasteiger partial charge on any atom is -0.376 e. The van der Waals surface area contributed by atoms with Crippen LogP contribution in [0.3, 0.4) is 0 Å². The Balaban J connectivity index is 1.58. The molecule has 0 saturated carbocycles. The van der Waals surface area contributed by atoms with Gasteiger partial charge in [-0.05, 0) is 70.7 Å². The van der Waals surface area contributed by atoms with Crippen LogP contribution in [0.5, 0.6) is 0 Å². The molecule has 0 radical (unpaired) electrons. The largest absolute Gasteiger partial charge is 0.376 e. The van der Waals surface area contributed by atoms with Crippen molar-refractivity contribution in [1.29, 1.82) is 0 Å². The minimum absolute atomic E-state index is 0.0144. The molecule has 0 spiro atoms. The molecule has 3 amide bonds. The van der Waals surface area contributed by atoms with E-state index in [0.29, 0.717) is 18.8 Å². The molecule has 30 heavy (non-hydrogen) atoms. The second kappa shape index (κ2) is 8.86. The van der Waals surface area contributed by atoms with E-state index >= 15 is 0 Å². The van der Waals surface area contributed by atoms with Crippen molar-refractivity contribution in [2.45, 2.75) is 51.2 Å². The van der Waals surface area contributed by atoms with Gasteiger partial charge >= 0.3 is 6.03 Å². The van der Waals surface area contributed by atoms with Gasteiger partial charge in [-0.2, -0.15) is 0 Å². The molecular weight excluding hydrogens is 380 g/mol. The Kier molecular flexibility index (Phi) is 6.20. The van der Waals surface area contributed by atoms with Gasteiger partial charge < -0.3 is 10.1 Å². The molecule has 162 valence electrons. The summed E-state index contributed by atoms with van der Waals surface area (Å²) in [4.78, 5) is 35.0. The Labute approximate surface area is 178 Å². The number of hydrogen-bond acceptors (Lipinski definition) is 5. The van der Waals surface area contributed by atoms with E-state index in [4.69, 9.17) is 4.74 Å². The van der Waals surface area contributed by atoms with Crippen LogP contribution in [0.4, 0.5) is 4.79 Å². The van der Waals surface area contributed by atoms with Crippen LogP contribution in [0.15, 0.2) is 36.0 Å². The number of amides is 3. The Morgan fingerprint density at radius 3 is 2.73 bits per heavy atom. The summed E-state index contributed by atoms with van der Waals surface area (Å²) in [6, 6.07) is 5.26. The Morgan fingerprint density at radius 1 is 1.30 bits per heavy atom. The van der Waals surface area contributed by atoms with E-state index in [1.54, 1.807) is 6.20 Å². The number of piperidine rings is 1. The minimum atomic E-state index is -1.08. The van der Waals surface area contributed by atoms with E-state index in [0.717, 1.165) is 45.3 Å². The lowest BCUT2D eigenvalue weighted by Gasteiger charge is -2.40. The highest BCUT2D eigenvalue weighted by atomic mass is 16.5. The van der Waals surface area contributed by atoms with Crippen LogP contribution in [0.1, 0.15) is 45.2 Å².